The molecular formula is C19H29N3O3. The monoisotopic (exact) mass is 347 g/mol. The summed E-state index contributed by atoms with van der Waals surface area (Å²) in [7, 11) is 2.18. The van der Waals surface area contributed by atoms with Gasteiger partial charge in [0.25, 0.3) is 5.91 Å². The Labute approximate surface area is 149 Å². The van der Waals surface area contributed by atoms with Crippen LogP contribution in [0, 0.1) is 18.8 Å². The molecule has 0 unspecified atom stereocenters. The van der Waals surface area contributed by atoms with Gasteiger partial charge in [-0.1, -0.05) is 0 Å². The highest BCUT2D eigenvalue weighted by Gasteiger charge is 2.43. The van der Waals surface area contributed by atoms with Crippen LogP contribution in [0.15, 0.2) is 16.7 Å². The molecule has 4 heterocycles. The van der Waals surface area contributed by atoms with Gasteiger partial charge in [0.1, 0.15) is 0 Å². The average Bonchev–Trinajstić information content (AvgIpc) is 3.22. The SMILES string of the molecule is Cc1ccoc1C(=O)N1CC[C@@H]2CO[C@@H](CN3CCN(C)CC3)[C@@H]2C1. The van der Waals surface area contributed by atoms with Crippen LogP contribution in [0.25, 0.3) is 0 Å². The zero-order chi connectivity index (χ0) is 17.4. The molecule has 0 spiro atoms. The second-order valence-corrected chi connectivity index (χ2v) is 7.87. The van der Waals surface area contributed by atoms with Gasteiger partial charge in [-0.2, -0.15) is 0 Å². The summed E-state index contributed by atoms with van der Waals surface area (Å²) in [6.07, 6.45) is 2.89. The van der Waals surface area contributed by atoms with Crippen molar-refractivity contribution in [1.82, 2.24) is 14.7 Å². The maximum atomic E-state index is 12.8. The van der Waals surface area contributed by atoms with Crippen LogP contribution < -0.4 is 0 Å². The number of ether oxygens (including phenoxy) is 1. The lowest BCUT2D eigenvalue weighted by molar-refractivity contribution is 0.0284. The van der Waals surface area contributed by atoms with E-state index in [4.69, 9.17) is 9.15 Å². The molecule has 0 N–H and O–H groups in total. The third-order valence-corrected chi connectivity index (χ3v) is 6.19. The molecule has 0 radical (unpaired) electrons. The molecule has 6 heteroatoms. The zero-order valence-corrected chi connectivity index (χ0v) is 15.3. The number of likely N-dealkylation sites (N-methyl/N-ethyl adjacent to an activating group) is 1. The van der Waals surface area contributed by atoms with Gasteiger partial charge in [0, 0.05) is 57.3 Å². The minimum atomic E-state index is 0.0335. The van der Waals surface area contributed by atoms with E-state index in [1.54, 1.807) is 6.26 Å². The maximum Gasteiger partial charge on any atom is 0.289 e. The van der Waals surface area contributed by atoms with E-state index in [-0.39, 0.29) is 12.0 Å². The normalized spacial score (nSPS) is 31.3. The van der Waals surface area contributed by atoms with Crippen LogP contribution in [0.5, 0.6) is 0 Å². The first-order valence-corrected chi connectivity index (χ1v) is 9.47. The summed E-state index contributed by atoms with van der Waals surface area (Å²) in [5.41, 5.74) is 0.920. The lowest BCUT2D eigenvalue weighted by Crippen LogP contribution is -2.50. The number of nitrogens with zero attached hydrogens (tertiary/aromatic N) is 3. The summed E-state index contributed by atoms with van der Waals surface area (Å²) >= 11 is 0. The molecule has 1 amide bonds. The topological polar surface area (TPSA) is 49.2 Å². The summed E-state index contributed by atoms with van der Waals surface area (Å²) < 4.78 is 11.6. The number of carbonyl (C=O) groups is 1. The van der Waals surface area contributed by atoms with Gasteiger partial charge in [-0.25, -0.2) is 0 Å². The minimum absolute atomic E-state index is 0.0335. The number of furan rings is 1. The number of aryl methyl sites for hydroxylation is 1. The van der Waals surface area contributed by atoms with E-state index in [1.807, 2.05) is 17.9 Å². The Balaban J connectivity index is 1.39. The molecule has 3 aliphatic heterocycles. The molecule has 138 valence electrons. The fourth-order valence-electron chi connectivity index (χ4n) is 4.42. The first-order chi connectivity index (χ1) is 12.1. The molecule has 3 saturated heterocycles. The summed E-state index contributed by atoms with van der Waals surface area (Å²) in [4.78, 5) is 19.6. The van der Waals surface area contributed by atoms with Crippen molar-refractivity contribution < 1.29 is 13.9 Å². The third kappa shape index (κ3) is 3.48. The predicted molar refractivity (Wildman–Crippen MR) is 94.6 cm³/mol. The number of piperidine rings is 1. The minimum Gasteiger partial charge on any atom is -0.459 e. The van der Waals surface area contributed by atoms with Crippen molar-refractivity contribution in [3.05, 3.63) is 23.7 Å². The van der Waals surface area contributed by atoms with Gasteiger partial charge < -0.3 is 19.0 Å². The molecule has 6 nitrogen and oxygen atoms in total. The molecule has 0 aliphatic carbocycles. The standard InChI is InChI=1S/C19H29N3O3/c1-14-4-10-24-18(14)19(23)22-5-3-15-13-25-17(16(15)11-22)12-21-8-6-20(2)7-9-21/h4,10,15-17H,3,5-9,11-13H2,1-2H3/t15-,16-,17+/m1/s1. The van der Waals surface area contributed by atoms with E-state index < -0.39 is 0 Å². The predicted octanol–water partition coefficient (Wildman–Crippen LogP) is 1.31. The summed E-state index contributed by atoms with van der Waals surface area (Å²) in [6.45, 7) is 9.86. The molecule has 0 saturated carbocycles. The lowest BCUT2D eigenvalue weighted by Gasteiger charge is -2.38. The van der Waals surface area contributed by atoms with Gasteiger partial charge in [0.2, 0.25) is 0 Å². The highest BCUT2D eigenvalue weighted by atomic mass is 16.5. The molecule has 0 bridgehead atoms. The molecule has 3 atom stereocenters. The molecule has 0 aromatic carbocycles. The van der Waals surface area contributed by atoms with Gasteiger partial charge in [-0.05, 0) is 32.4 Å². The number of piperazine rings is 1. The number of amides is 1. The van der Waals surface area contributed by atoms with Gasteiger partial charge in [-0.15, -0.1) is 0 Å². The van der Waals surface area contributed by atoms with Crippen molar-refractivity contribution in [2.45, 2.75) is 19.4 Å². The molecule has 3 fully saturated rings. The largest absolute Gasteiger partial charge is 0.459 e. The second-order valence-electron chi connectivity index (χ2n) is 7.87. The van der Waals surface area contributed by atoms with Crippen LogP contribution in [-0.2, 0) is 4.74 Å². The number of likely N-dealkylation sites (tertiary alicyclic amines) is 1. The number of carbonyl (C=O) groups excluding carboxylic acids is 1. The van der Waals surface area contributed by atoms with Crippen molar-refractivity contribution in [2.75, 3.05) is 59.5 Å². The number of rotatable bonds is 3. The van der Waals surface area contributed by atoms with E-state index >= 15 is 0 Å². The average molecular weight is 347 g/mol. The van der Waals surface area contributed by atoms with Gasteiger partial charge in [0.05, 0.1) is 19.0 Å². The van der Waals surface area contributed by atoms with E-state index in [0.717, 1.165) is 64.4 Å². The van der Waals surface area contributed by atoms with Crippen molar-refractivity contribution in [1.29, 1.82) is 0 Å². The van der Waals surface area contributed by atoms with Crippen LogP contribution in [-0.4, -0.2) is 86.2 Å². The fraction of sp³-hybridized carbons (Fsp3) is 0.737. The molecule has 4 rings (SSSR count). The highest BCUT2D eigenvalue weighted by molar-refractivity contribution is 5.92. The summed E-state index contributed by atoms with van der Waals surface area (Å²) in [5, 5.41) is 0. The van der Waals surface area contributed by atoms with Crippen LogP contribution in [0.4, 0.5) is 0 Å². The zero-order valence-electron chi connectivity index (χ0n) is 15.3. The van der Waals surface area contributed by atoms with Gasteiger partial charge in [0.15, 0.2) is 5.76 Å². The molecule has 3 aliphatic rings. The molecule has 25 heavy (non-hydrogen) atoms. The molecule has 1 aromatic rings. The first-order valence-electron chi connectivity index (χ1n) is 9.47. The maximum absolute atomic E-state index is 12.8. The van der Waals surface area contributed by atoms with Gasteiger partial charge >= 0.3 is 0 Å². The highest BCUT2D eigenvalue weighted by Crippen LogP contribution is 2.35. The summed E-state index contributed by atoms with van der Waals surface area (Å²) in [6, 6.07) is 1.86. The van der Waals surface area contributed by atoms with Crippen LogP contribution in [0.1, 0.15) is 22.5 Å². The third-order valence-electron chi connectivity index (χ3n) is 6.19. The first kappa shape index (κ1) is 17.1. The Morgan fingerprint density at radius 2 is 2.04 bits per heavy atom. The quantitative estimate of drug-likeness (QED) is 0.825. The summed E-state index contributed by atoms with van der Waals surface area (Å²) in [5.74, 6) is 1.58. The Morgan fingerprint density at radius 1 is 1.24 bits per heavy atom. The van der Waals surface area contributed by atoms with Crippen LogP contribution in [0.3, 0.4) is 0 Å². The second kappa shape index (κ2) is 7.09. The van der Waals surface area contributed by atoms with Crippen molar-refractivity contribution in [3.63, 3.8) is 0 Å². The van der Waals surface area contributed by atoms with Crippen molar-refractivity contribution >= 4 is 5.91 Å². The number of hydrogen-bond acceptors (Lipinski definition) is 5. The van der Waals surface area contributed by atoms with Gasteiger partial charge in [-0.3, -0.25) is 9.69 Å². The fourth-order valence-corrected chi connectivity index (χ4v) is 4.42. The Morgan fingerprint density at radius 3 is 2.76 bits per heavy atom. The number of hydrogen-bond donors (Lipinski definition) is 0. The van der Waals surface area contributed by atoms with E-state index in [0.29, 0.717) is 17.6 Å². The van der Waals surface area contributed by atoms with E-state index in [2.05, 4.69) is 16.8 Å². The lowest BCUT2D eigenvalue weighted by atomic mass is 9.84. The Hall–Kier alpha value is -1.37. The van der Waals surface area contributed by atoms with Crippen LogP contribution in [0.2, 0.25) is 0 Å². The van der Waals surface area contributed by atoms with Crippen LogP contribution >= 0.6 is 0 Å². The Bertz CT molecular complexity index is 609. The van der Waals surface area contributed by atoms with Crippen molar-refractivity contribution in [3.8, 4) is 0 Å². The van der Waals surface area contributed by atoms with E-state index in [9.17, 15) is 4.79 Å². The smallest absolute Gasteiger partial charge is 0.289 e. The molecule has 1 aromatic heterocycles. The molecular weight excluding hydrogens is 318 g/mol. The Kier molecular flexibility index (Phi) is 4.84. The number of fused-ring (bicyclic) bond motifs is 1. The van der Waals surface area contributed by atoms with Crippen molar-refractivity contribution in [2.24, 2.45) is 11.8 Å². The van der Waals surface area contributed by atoms with E-state index in [1.165, 1.54) is 0 Å².